The molecule has 5 nitrogen and oxygen atoms in total. The summed E-state index contributed by atoms with van der Waals surface area (Å²) in [4.78, 5) is 11.4. The summed E-state index contributed by atoms with van der Waals surface area (Å²) in [7, 11) is 1.66. The molecular formula is C14H22N2O3. The first kappa shape index (κ1) is 15.5. The van der Waals surface area contributed by atoms with E-state index in [0.717, 1.165) is 28.9 Å². The van der Waals surface area contributed by atoms with E-state index < -0.39 is 6.04 Å². The van der Waals surface area contributed by atoms with E-state index in [-0.39, 0.29) is 12.5 Å². The molecule has 0 saturated carbocycles. The van der Waals surface area contributed by atoms with Gasteiger partial charge in [0, 0.05) is 6.54 Å². The minimum atomic E-state index is -0.848. The van der Waals surface area contributed by atoms with Crippen LogP contribution in [0.25, 0.3) is 0 Å². The monoisotopic (exact) mass is 266 g/mol. The lowest BCUT2D eigenvalue weighted by Crippen LogP contribution is -2.43. The number of amides is 1. The summed E-state index contributed by atoms with van der Waals surface area (Å²) in [5.74, 6) is 0.569. The van der Waals surface area contributed by atoms with Crippen molar-refractivity contribution in [3.63, 3.8) is 0 Å². The summed E-state index contributed by atoms with van der Waals surface area (Å²) in [5, 5.41) is 11.4. The number of nitrogens with one attached hydrogen (secondary N) is 1. The number of methoxy groups -OCH3 is 1. The van der Waals surface area contributed by atoms with E-state index in [1.165, 1.54) is 0 Å². The van der Waals surface area contributed by atoms with E-state index in [0.29, 0.717) is 6.54 Å². The molecule has 0 aliphatic carbocycles. The number of benzene rings is 1. The highest BCUT2D eigenvalue weighted by atomic mass is 16.5. The van der Waals surface area contributed by atoms with Crippen molar-refractivity contribution in [2.45, 2.75) is 26.3 Å². The molecule has 0 aliphatic rings. The van der Waals surface area contributed by atoms with Crippen LogP contribution >= 0.6 is 0 Å². The van der Waals surface area contributed by atoms with E-state index in [1.54, 1.807) is 7.11 Å². The average Bonchev–Trinajstić information content (AvgIpc) is 2.37. The highest BCUT2D eigenvalue weighted by molar-refractivity contribution is 5.81. The first-order chi connectivity index (χ1) is 8.99. The van der Waals surface area contributed by atoms with Gasteiger partial charge >= 0.3 is 0 Å². The molecule has 5 heteroatoms. The zero-order valence-electron chi connectivity index (χ0n) is 11.7. The number of aryl methyl sites for hydroxylation is 2. The van der Waals surface area contributed by atoms with Crippen molar-refractivity contribution >= 4 is 5.91 Å². The molecule has 0 bridgehead atoms. The SMILES string of the molecule is COc1c(C)cc(CCNC(=O)C(N)CO)cc1C. The van der Waals surface area contributed by atoms with Crippen molar-refractivity contribution in [1.29, 1.82) is 0 Å². The second kappa shape index (κ2) is 7.11. The van der Waals surface area contributed by atoms with Crippen molar-refractivity contribution in [2.24, 2.45) is 5.73 Å². The fourth-order valence-corrected chi connectivity index (χ4v) is 2.05. The fourth-order valence-electron chi connectivity index (χ4n) is 2.05. The molecule has 0 radical (unpaired) electrons. The van der Waals surface area contributed by atoms with Gasteiger partial charge in [0.05, 0.1) is 13.7 Å². The molecule has 0 heterocycles. The predicted molar refractivity (Wildman–Crippen MR) is 74.2 cm³/mol. The lowest BCUT2D eigenvalue weighted by Gasteiger charge is -2.12. The summed E-state index contributed by atoms with van der Waals surface area (Å²) in [5.41, 5.74) is 8.70. The normalized spacial score (nSPS) is 12.1. The largest absolute Gasteiger partial charge is 0.496 e. The average molecular weight is 266 g/mol. The van der Waals surface area contributed by atoms with Gasteiger partial charge in [-0.3, -0.25) is 4.79 Å². The van der Waals surface area contributed by atoms with Crippen molar-refractivity contribution < 1.29 is 14.6 Å². The van der Waals surface area contributed by atoms with Crippen LogP contribution in [0.15, 0.2) is 12.1 Å². The summed E-state index contributed by atoms with van der Waals surface area (Å²) in [6.45, 7) is 4.15. The molecule has 0 spiro atoms. The Morgan fingerprint density at radius 1 is 1.42 bits per heavy atom. The Morgan fingerprint density at radius 3 is 2.47 bits per heavy atom. The van der Waals surface area contributed by atoms with Crippen LogP contribution < -0.4 is 15.8 Å². The zero-order valence-corrected chi connectivity index (χ0v) is 11.7. The van der Waals surface area contributed by atoms with Crippen LogP contribution in [0.3, 0.4) is 0 Å². The van der Waals surface area contributed by atoms with E-state index in [1.807, 2.05) is 26.0 Å². The maximum Gasteiger partial charge on any atom is 0.239 e. The third kappa shape index (κ3) is 4.22. The molecular weight excluding hydrogens is 244 g/mol. The maximum absolute atomic E-state index is 11.4. The lowest BCUT2D eigenvalue weighted by molar-refractivity contribution is -0.123. The van der Waals surface area contributed by atoms with Crippen molar-refractivity contribution in [3.8, 4) is 5.75 Å². The fraction of sp³-hybridized carbons (Fsp3) is 0.500. The first-order valence-electron chi connectivity index (χ1n) is 6.27. The standard InChI is InChI=1S/C14H22N2O3/c1-9-6-11(7-10(2)13(9)19-3)4-5-16-14(18)12(15)8-17/h6-7,12,17H,4-5,8,15H2,1-3H3,(H,16,18). The number of ether oxygens (including phenoxy) is 1. The minimum Gasteiger partial charge on any atom is -0.496 e. The van der Waals surface area contributed by atoms with Gasteiger partial charge in [-0.15, -0.1) is 0 Å². The highest BCUT2D eigenvalue weighted by Crippen LogP contribution is 2.24. The van der Waals surface area contributed by atoms with Gasteiger partial charge in [0.2, 0.25) is 5.91 Å². The number of rotatable bonds is 6. The van der Waals surface area contributed by atoms with Gasteiger partial charge < -0.3 is 20.9 Å². The molecule has 1 rings (SSSR count). The molecule has 1 atom stereocenters. The van der Waals surface area contributed by atoms with Gasteiger partial charge in [0.15, 0.2) is 0 Å². The maximum atomic E-state index is 11.4. The number of carbonyl (C=O) groups is 1. The van der Waals surface area contributed by atoms with Crippen LogP contribution in [0, 0.1) is 13.8 Å². The molecule has 19 heavy (non-hydrogen) atoms. The Kier molecular flexibility index (Phi) is 5.79. The number of aliphatic hydroxyl groups is 1. The Bertz CT molecular complexity index is 423. The van der Waals surface area contributed by atoms with Gasteiger partial charge in [-0.25, -0.2) is 0 Å². The number of carbonyl (C=O) groups excluding carboxylic acids is 1. The number of nitrogens with two attached hydrogens (primary N) is 1. The van der Waals surface area contributed by atoms with Crippen LogP contribution in [0.4, 0.5) is 0 Å². The molecule has 1 unspecified atom stereocenters. The summed E-state index contributed by atoms with van der Waals surface area (Å²) >= 11 is 0. The Morgan fingerprint density at radius 2 is 2.00 bits per heavy atom. The Labute approximate surface area is 113 Å². The van der Waals surface area contributed by atoms with Crippen molar-refractivity contribution in [2.75, 3.05) is 20.3 Å². The van der Waals surface area contributed by atoms with Gasteiger partial charge in [0.25, 0.3) is 0 Å². The quantitative estimate of drug-likeness (QED) is 0.691. The van der Waals surface area contributed by atoms with Crippen LogP contribution in [-0.2, 0) is 11.2 Å². The van der Waals surface area contributed by atoms with Crippen LogP contribution in [0.5, 0.6) is 5.75 Å². The highest BCUT2D eigenvalue weighted by Gasteiger charge is 2.11. The van der Waals surface area contributed by atoms with Gasteiger partial charge in [-0.05, 0) is 37.0 Å². The summed E-state index contributed by atoms with van der Waals surface area (Å²) in [6.07, 6.45) is 0.718. The third-order valence-electron chi connectivity index (χ3n) is 2.97. The summed E-state index contributed by atoms with van der Waals surface area (Å²) < 4.78 is 5.31. The number of hydrogen-bond donors (Lipinski definition) is 3. The van der Waals surface area contributed by atoms with Crippen LogP contribution in [-0.4, -0.2) is 37.3 Å². The second-order valence-corrected chi connectivity index (χ2v) is 4.59. The molecule has 1 aromatic rings. The number of aliphatic hydroxyl groups excluding tert-OH is 1. The van der Waals surface area contributed by atoms with Gasteiger partial charge in [0.1, 0.15) is 11.8 Å². The molecule has 0 fully saturated rings. The molecule has 106 valence electrons. The van der Waals surface area contributed by atoms with E-state index in [2.05, 4.69) is 5.32 Å². The molecule has 0 aromatic heterocycles. The van der Waals surface area contributed by atoms with Gasteiger partial charge in [-0.2, -0.15) is 0 Å². The van der Waals surface area contributed by atoms with Crippen LogP contribution in [0.1, 0.15) is 16.7 Å². The molecule has 4 N–H and O–H groups in total. The Balaban J connectivity index is 2.57. The smallest absolute Gasteiger partial charge is 0.239 e. The Hall–Kier alpha value is -1.59. The molecule has 1 aromatic carbocycles. The number of hydrogen-bond acceptors (Lipinski definition) is 4. The minimum absolute atomic E-state index is 0.329. The zero-order chi connectivity index (χ0) is 14.4. The predicted octanol–water partition coefficient (Wildman–Crippen LogP) is 0.290. The third-order valence-corrected chi connectivity index (χ3v) is 2.97. The van der Waals surface area contributed by atoms with Crippen molar-refractivity contribution in [3.05, 3.63) is 28.8 Å². The molecule has 0 aliphatic heterocycles. The van der Waals surface area contributed by atoms with E-state index in [4.69, 9.17) is 15.6 Å². The topological polar surface area (TPSA) is 84.6 Å². The first-order valence-corrected chi connectivity index (χ1v) is 6.27. The summed E-state index contributed by atoms with van der Waals surface area (Å²) in [6, 6.07) is 3.24. The van der Waals surface area contributed by atoms with Gasteiger partial charge in [-0.1, -0.05) is 12.1 Å². The van der Waals surface area contributed by atoms with E-state index in [9.17, 15) is 4.79 Å². The second-order valence-electron chi connectivity index (χ2n) is 4.59. The lowest BCUT2D eigenvalue weighted by atomic mass is 10.0. The van der Waals surface area contributed by atoms with Crippen LogP contribution in [0.2, 0.25) is 0 Å². The molecule has 1 amide bonds. The van der Waals surface area contributed by atoms with Crippen molar-refractivity contribution in [1.82, 2.24) is 5.32 Å². The molecule has 0 saturated heterocycles. The van der Waals surface area contributed by atoms with E-state index >= 15 is 0 Å².